The molecule has 0 aromatic rings. The summed E-state index contributed by atoms with van der Waals surface area (Å²) in [5, 5.41) is 15.3. The fourth-order valence-electron chi connectivity index (χ4n) is 1.66. The van der Waals surface area contributed by atoms with Crippen molar-refractivity contribution in [1.82, 2.24) is 0 Å². The second kappa shape index (κ2) is 5.31. The average Bonchev–Trinajstić information content (AvgIpc) is 2.55. The third-order valence-electron chi connectivity index (χ3n) is 2.50. The zero-order valence-electron chi connectivity index (χ0n) is 9.61. The van der Waals surface area contributed by atoms with E-state index >= 15 is 0 Å². The molecule has 3 heteroatoms. The summed E-state index contributed by atoms with van der Waals surface area (Å²) >= 11 is 1.69. The lowest BCUT2D eigenvalue weighted by Gasteiger charge is -2.01. The van der Waals surface area contributed by atoms with Gasteiger partial charge in [-0.1, -0.05) is 32.0 Å². The van der Waals surface area contributed by atoms with Gasteiger partial charge in [-0.2, -0.15) is 0 Å². The van der Waals surface area contributed by atoms with E-state index < -0.39 is 0 Å². The van der Waals surface area contributed by atoms with Gasteiger partial charge >= 0.3 is 0 Å². The Kier molecular flexibility index (Phi) is 4.33. The molecule has 82 valence electrons. The van der Waals surface area contributed by atoms with E-state index in [2.05, 4.69) is 13.8 Å². The molecule has 0 unspecified atom stereocenters. The van der Waals surface area contributed by atoms with Crippen molar-refractivity contribution >= 4 is 23.7 Å². The Labute approximate surface area is 95.9 Å². The minimum Gasteiger partial charge on any atom is -0.308 e. The first-order valence-electron chi connectivity index (χ1n) is 5.36. The van der Waals surface area contributed by atoms with E-state index in [1.165, 1.54) is 16.7 Å². The van der Waals surface area contributed by atoms with Crippen LogP contribution in [0.4, 0.5) is 0 Å². The summed E-state index contributed by atoms with van der Waals surface area (Å²) in [6.07, 6.45) is 4.45. The topological polar surface area (TPSA) is 47.7 Å². The minimum atomic E-state index is 0.645. The molecule has 0 fully saturated rings. The number of allylic oxidation sites excluding steroid dienone is 4. The zero-order chi connectivity index (χ0) is 11.4. The van der Waals surface area contributed by atoms with Crippen LogP contribution in [0.5, 0.6) is 0 Å². The van der Waals surface area contributed by atoms with E-state index in [9.17, 15) is 0 Å². The van der Waals surface area contributed by atoms with Crippen LogP contribution in [0.15, 0.2) is 21.0 Å². The summed E-state index contributed by atoms with van der Waals surface area (Å²) in [6, 6.07) is 0. The van der Waals surface area contributed by atoms with Crippen molar-refractivity contribution in [2.45, 2.75) is 40.0 Å². The summed E-state index contributed by atoms with van der Waals surface area (Å²) < 4.78 is 0. The largest absolute Gasteiger partial charge is 0.308 e. The number of hydrogen-bond acceptors (Lipinski definition) is 3. The van der Waals surface area contributed by atoms with Crippen molar-refractivity contribution in [3.63, 3.8) is 0 Å². The molecule has 0 spiro atoms. The monoisotopic (exact) mass is 222 g/mol. The van der Waals surface area contributed by atoms with E-state index in [4.69, 9.17) is 10.8 Å². The van der Waals surface area contributed by atoms with Crippen LogP contribution in [0.1, 0.15) is 40.0 Å². The molecule has 1 aliphatic heterocycles. The Balaban J connectivity index is 3.04. The van der Waals surface area contributed by atoms with Gasteiger partial charge in [0.15, 0.2) is 0 Å². The highest BCUT2D eigenvalue weighted by Gasteiger charge is 2.24. The maximum atomic E-state index is 8.07. The Morgan fingerprint density at radius 1 is 1.40 bits per heavy atom. The molecule has 2 N–H and O–H groups in total. The SMILES string of the molecule is CCCC1=C(CC)C(=N)/C(=C(/C)C=N)S1. The number of rotatable bonds is 4. The van der Waals surface area contributed by atoms with Crippen LogP contribution in [0.25, 0.3) is 0 Å². The summed E-state index contributed by atoms with van der Waals surface area (Å²) in [5.74, 6) is 0. The average molecular weight is 222 g/mol. The highest BCUT2D eigenvalue weighted by Crippen LogP contribution is 2.43. The lowest BCUT2D eigenvalue weighted by Crippen LogP contribution is -1.99. The van der Waals surface area contributed by atoms with Gasteiger partial charge in [0.25, 0.3) is 0 Å². The third-order valence-corrected chi connectivity index (χ3v) is 3.92. The molecule has 0 aromatic heterocycles. The first-order valence-corrected chi connectivity index (χ1v) is 6.17. The molecule has 0 saturated heterocycles. The molecule has 1 heterocycles. The van der Waals surface area contributed by atoms with Crippen molar-refractivity contribution in [1.29, 1.82) is 10.8 Å². The van der Waals surface area contributed by atoms with E-state index in [0.29, 0.717) is 5.71 Å². The van der Waals surface area contributed by atoms with E-state index in [-0.39, 0.29) is 0 Å². The summed E-state index contributed by atoms with van der Waals surface area (Å²) in [5.41, 5.74) is 2.73. The molecule has 0 aromatic carbocycles. The number of hydrogen-bond donors (Lipinski definition) is 2. The van der Waals surface area contributed by atoms with Gasteiger partial charge < -0.3 is 5.41 Å². The third kappa shape index (κ3) is 2.40. The normalized spacial score (nSPS) is 19.8. The maximum absolute atomic E-state index is 8.07. The highest BCUT2D eigenvalue weighted by molar-refractivity contribution is 8.08. The Morgan fingerprint density at radius 2 is 2.07 bits per heavy atom. The lowest BCUT2D eigenvalue weighted by atomic mass is 10.0. The maximum Gasteiger partial charge on any atom is 0.0722 e. The molecule has 15 heavy (non-hydrogen) atoms. The fourth-order valence-corrected chi connectivity index (χ4v) is 3.03. The summed E-state index contributed by atoms with van der Waals surface area (Å²) in [4.78, 5) is 2.31. The van der Waals surface area contributed by atoms with Gasteiger partial charge in [-0.05, 0) is 35.8 Å². The van der Waals surface area contributed by atoms with Gasteiger partial charge in [-0.15, -0.1) is 0 Å². The molecule has 0 saturated carbocycles. The van der Waals surface area contributed by atoms with E-state index in [1.54, 1.807) is 11.8 Å². The van der Waals surface area contributed by atoms with Crippen LogP contribution in [0, 0.1) is 10.8 Å². The standard InChI is InChI=1S/C12H18N2S/c1-4-6-10-9(5-2)11(14)12(15-10)8(3)7-13/h7,13-14H,4-6H2,1-3H3/b12-8+,13-7?,14-11?. The highest BCUT2D eigenvalue weighted by atomic mass is 32.2. The molecule has 0 amide bonds. The van der Waals surface area contributed by atoms with Crippen molar-refractivity contribution in [2.75, 3.05) is 0 Å². The predicted octanol–water partition coefficient (Wildman–Crippen LogP) is 4.14. The van der Waals surface area contributed by atoms with Gasteiger partial charge in [-0.3, -0.25) is 5.41 Å². The van der Waals surface area contributed by atoms with Crippen LogP contribution in [-0.2, 0) is 0 Å². The first-order chi connectivity index (χ1) is 7.15. The smallest absolute Gasteiger partial charge is 0.0722 e. The van der Waals surface area contributed by atoms with Gasteiger partial charge in [0.1, 0.15) is 0 Å². The van der Waals surface area contributed by atoms with E-state index in [1.807, 2.05) is 6.92 Å². The van der Waals surface area contributed by atoms with Gasteiger partial charge in [0, 0.05) is 11.1 Å². The van der Waals surface area contributed by atoms with Crippen molar-refractivity contribution in [2.24, 2.45) is 0 Å². The second-order valence-electron chi connectivity index (χ2n) is 3.64. The van der Waals surface area contributed by atoms with Crippen LogP contribution in [0.3, 0.4) is 0 Å². The zero-order valence-corrected chi connectivity index (χ0v) is 10.4. The Bertz CT molecular complexity index is 351. The van der Waals surface area contributed by atoms with Crippen LogP contribution in [0.2, 0.25) is 0 Å². The Hall–Kier alpha value is -0.830. The summed E-state index contributed by atoms with van der Waals surface area (Å²) in [7, 11) is 0. The minimum absolute atomic E-state index is 0.645. The molecular weight excluding hydrogens is 204 g/mol. The van der Waals surface area contributed by atoms with Crippen LogP contribution >= 0.6 is 11.8 Å². The molecule has 0 aliphatic carbocycles. The van der Waals surface area contributed by atoms with Crippen molar-refractivity contribution in [3.05, 3.63) is 21.0 Å². The predicted molar refractivity (Wildman–Crippen MR) is 69.0 cm³/mol. The second-order valence-corrected chi connectivity index (χ2v) is 4.74. The van der Waals surface area contributed by atoms with E-state index in [0.717, 1.165) is 29.7 Å². The number of thioether (sulfide) groups is 1. The lowest BCUT2D eigenvalue weighted by molar-refractivity contribution is 0.935. The van der Waals surface area contributed by atoms with Gasteiger partial charge in [0.05, 0.1) is 5.71 Å². The molecule has 2 nitrogen and oxygen atoms in total. The number of nitrogens with one attached hydrogen (secondary N) is 2. The summed E-state index contributed by atoms with van der Waals surface area (Å²) in [6.45, 7) is 6.17. The van der Waals surface area contributed by atoms with Crippen molar-refractivity contribution in [3.8, 4) is 0 Å². The first kappa shape index (κ1) is 12.2. The van der Waals surface area contributed by atoms with Crippen molar-refractivity contribution < 1.29 is 0 Å². The molecule has 0 radical (unpaired) electrons. The van der Waals surface area contributed by atoms with Gasteiger partial charge in [-0.25, -0.2) is 0 Å². The van der Waals surface area contributed by atoms with Crippen LogP contribution in [-0.4, -0.2) is 11.9 Å². The molecule has 0 bridgehead atoms. The van der Waals surface area contributed by atoms with Gasteiger partial charge in [0.2, 0.25) is 0 Å². The van der Waals surface area contributed by atoms with Crippen LogP contribution < -0.4 is 0 Å². The molecule has 0 atom stereocenters. The molecule has 1 aliphatic rings. The molecule has 1 rings (SSSR count). The Morgan fingerprint density at radius 3 is 2.53 bits per heavy atom. The quantitative estimate of drug-likeness (QED) is 0.690. The fraction of sp³-hybridized carbons (Fsp3) is 0.500. The molecular formula is C12H18N2S.